The van der Waals surface area contributed by atoms with Crippen molar-refractivity contribution in [3.63, 3.8) is 0 Å². The first-order valence-electron chi connectivity index (χ1n) is 7.41. The molecule has 0 saturated carbocycles. The normalized spacial score (nSPS) is 11.8. The Morgan fingerprint density at radius 2 is 1.88 bits per heavy atom. The highest BCUT2D eigenvalue weighted by Gasteiger charge is 2.30. The van der Waals surface area contributed by atoms with Crippen LogP contribution in [0.1, 0.15) is 16.7 Å². The highest BCUT2D eigenvalue weighted by Crippen LogP contribution is 2.29. The largest absolute Gasteiger partial charge is 0.416 e. The molecule has 3 rings (SSSR count). The Labute approximate surface area is 146 Å². The van der Waals surface area contributed by atoms with Gasteiger partial charge in [-0.15, -0.1) is 11.3 Å². The molecule has 3 nitrogen and oxygen atoms in total. The van der Waals surface area contributed by atoms with Gasteiger partial charge in [-0.2, -0.15) is 18.3 Å². The van der Waals surface area contributed by atoms with Gasteiger partial charge in [-0.25, -0.2) is 4.98 Å². The van der Waals surface area contributed by atoms with Crippen LogP contribution in [0.15, 0.2) is 59.0 Å². The molecule has 1 heterocycles. The van der Waals surface area contributed by atoms with Crippen LogP contribution in [-0.4, -0.2) is 11.2 Å². The second kappa shape index (κ2) is 7.06. The predicted octanol–water partition coefficient (Wildman–Crippen LogP) is 5.58. The molecule has 0 amide bonds. The Kier molecular flexibility index (Phi) is 4.85. The molecule has 0 aliphatic carbocycles. The van der Waals surface area contributed by atoms with Crippen molar-refractivity contribution in [2.24, 2.45) is 5.10 Å². The maximum atomic E-state index is 12.7. The van der Waals surface area contributed by atoms with E-state index in [2.05, 4.69) is 15.5 Å². The minimum atomic E-state index is -4.37. The fourth-order valence-corrected chi connectivity index (χ4v) is 2.81. The first kappa shape index (κ1) is 17.2. The van der Waals surface area contributed by atoms with Gasteiger partial charge in [-0.3, -0.25) is 5.43 Å². The molecular formula is C18H14F3N3S. The zero-order valence-electron chi connectivity index (χ0n) is 13.2. The molecule has 1 aromatic heterocycles. The van der Waals surface area contributed by atoms with E-state index in [-0.39, 0.29) is 0 Å². The number of hydrogen-bond donors (Lipinski definition) is 1. The van der Waals surface area contributed by atoms with Crippen LogP contribution in [0.2, 0.25) is 0 Å². The minimum absolute atomic E-state index is 0.359. The van der Waals surface area contributed by atoms with Crippen LogP contribution in [0.3, 0.4) is 0 Å². The van der Waals surface area contributed by atoms with Crippen molar-refractivity contribution in [2.45, 2.75) is 13.1 Å². The summed E-state index contributed by atoms with van der Waals surface area (Å²) in [6.45, 7) is 2.01. The van der Waals surface area contributed by atoms with Crippen molar-refractivity contribution in [1.82, 2.24) is 4.98 Å². The van der Waals surface area contributed by atoms with Crippen molar-refractivity contribution < 1.29 is 13.2 Å². The van der Waals surface area contributed by atoms with E-state index in [9.17, 15) is 13.2 Å². The van der Waals surface area contributed by atoms with E-state index in [4.69, 9.17) is 0 Å². The second-order valence-corrected chi connectivity index (χ2v) is 6.26. The van der Waals surface area contributed by atoms with Gasteiger partial charge in [-0.05, 0) is 24.6 Å². The lowest BCUT2D eigenvalue weighted by molar-refractivity contribution is -0.137. The molecule has 0 atom stereocenters. The number of hydrogen-bond acceptors (Lipinski definition) is 4. The van der Waals surface area contributed by atoms with Crippen LogP contribution >= 0.6 is 11.3 Å². The fraction of sp³-hybridized carbons (Fsp3) is 0.111. The molecule has 0 aliphatic heterocycles. The Bertz CT molecular complexity index is 883. The second-order valence-electron chi connectivity index (χ2n) is 5.40. The molecule has 1 N–H and O–H groups in total. The number of nitrogens with zero attached hydrogens (tertiary/aromatic N) is 2. The standard InChI is InChI=1S/C18H14F3N3S/c1-12-5-7-14(8-6-12)16-11-25-17(23-16)24-22-10-13-3-2-4-15(9-13)18(19,20)21/h2-11H,1H3,(H,23,24)/b22-10-. The van der Waals surface area contributed by atoms with Crippen molar-refractivity contribution in [2.75, 3.05) is 5.43 Å². The van der Waals surface area contributed by atoms with Gasteiger partial charge in [0.15, 0.2) is 0 Å². The topological polar surface area (TPSA) is 37.3 Å². The lowest BCUT2D eigenvalue weighted by Gasteiger charge is -2.06. The van der Waals surface area contributed by atoms with Gasteiger partial charge in [0.05, 0.1) is 17.5 Å². The SMILES string of the molecule is Cc1ccc(-c2csc(N/N=C\c3cccc(C(F)(F)F)c3)n2)cc1. The zero-order valence-corrected chi connectivity index (χ0v) is 14.0. The first-order valence-corrected chi connectivity index (χ1v) is 8.29. The monoisotopic (exact) mass is 361 g/mol. The number of hydrazone groups is 1. The van der Waals surface area contributed by atoms with Gasteiger partial charge in [0.1, 0.15) is 0 Å². The summed E-state index contributed by atoms with van der Waals surface area (Å²) >= 11 is 1.38. The third-order valence-electron chi connectivity index (χ3n) is 3.44. The van der Waals surface area contributed by atoms with Gasteiger partial charge in [-0.1, -0.05) is 42.0 Å². The maximum absolute atomic E-state index is 12.7. The van der Waals surface area contributed by atoms with Crippen LogP contribution < -0.4 is 5.43 Å². The zero-order chi connectivity index (χ0) is 17.9. The molecule has 0 unspecified atom stereocenters. The summed E-state index contributed by atoms with van der Waals surface area (Å²) in [5.41, 5.74) is 5.39. The van der Waals surface area contributed by atoms with E-state index in [1.165, 1.54) is 29.2 Å². The van der Waals surface area contributed by atoms with E-state index >= 15 is 0 Å². The Hall–Kier alpha value is -2.67. The third kappa shape index (κ3) is 4.45. The third-order valence-corrected chi connectivity index (χ3v) is 4.19. The Morgan fingerprint density at radius 3 is 2.60 bits per heavy atom. The van der Waals surface area contributed by atoms with Gasteiger partial charge < -0.3 is 0 Å². The quantitative estimate of drug-likeness (QED) is 0.486. The summed E-state index contributed by atoms with van der Waals surface area (Å²) in [6, 6.07) is 13.0. The highest BCUT2D eigenvalue weighted by atomic mass is 32.1. The minimum Gasteiger partial charge on any atom is -0.253 e. The number of anilines is 1. The van der Waals surface area contributed by atoms with Crippen LogP contribution in [-0.2, 0) is 6.18 Å². The number of aryl methyl sites for hydroxylation is 1. The molecular weight excluding hydrogens is 347 g/mol. The lowest BCUT2D eigenvalue weighted by atomic mass is 10.1. The van der Waals surface area contributed by atoms with E-state index < -0.39 is 11.7 Å². The van der Waals surface area contributed by atoms with Crippen LogP contribution in [0.25, 0.3) is 11.3 Å². The van der Waals surface area contributed by atoms with Crippen LogP contribution in [0.5, 0.6) is 0 Å². The number of nitrogens with one attached hydrogen (secondary N) is 1. The number of alkyl halides is 3. The van der Waals surface area contributed by atoms with E-state index in [0.717, 1.165) is 23.4 Å². The summed E-state index contributed by atoms with van der Waals surface area (Å²) in [5, 5.41) is 6.43. The summed E-state index contributed by atoms with van der Waals surface area (Å²) in [6.07, 6.45) is -3.03. The van der Waals surface area contributed by atoms with Gasteiger partial charge in [0.2, 0.25) is 5.13 Å². The van der Waals surface area contributed by atoms with Crippen molar-refractivity contribution in [3.8, 4) is 11.3 Å². The molecule has 7 heteroatoms. The lowest BCUT2D eigenvalue weighted by Crippen LogP contribution is -2.05. The van der Waals surface area contributed by atoms with E-state index in [1.807, 2.05) is 36.6 Å². The summed E-state index contributed by atoms with van der Waals surface area (Å²) in [7, 11) is 0. The number of thiazole rings is 1. The first-order chi connectivity index (χ1) is 11.9. The van der Waals surface area contributed by atoms with Crippen molar-refractivity contribution in [1.29, 1.82) is 0 Å². The highest BCUT2D eigenvalue weighted by molar-refractivity contribution is 7.14. The molecule has 0 saturated heterocycles. The average Bonchev–Trinajstić information content (AvgIpc) is 3.04. The van der Waals surface area contributed by atoms with Gasteiger partial charge in [0, 0.05) is 10.9 Å². The van der Waals surface area contributed by atoms with Crippen LogP contribution in [0.4, 0.5) is 18.3 Å². The molecule has 0 bridgehead atoms. The fourth-order valence-electron chi connectivity index (χ4n) is 2.14. The number of halogens is 3. The maximum Gasteiger partial charge on any atom is 0.416 e. The molecule has 0 radical (unpaired) electrons. The van der Waals surface area contributed by atoms with E-state index in [0.29, 0.717) is 10.7 Å². The number of rotatable bonds is 4. The molecule has 3 aromatic rings. The molecule has 25 heavy (non-hydrogen) atoms. The molecule has 128 valence electrons. The number of aromatic nitrogens is 1. The van der Waals surface area contributed by atoms with Gasteiger partial charge in [0.25, 0.3) is 0 Å². The Balaban J connectivity index is 1.68. The summed E-state index contributed by atoms with van der Waals surface area (Å²) in [5.74, 6) is 0. The molecule has 2 aromatic carbocycles. The molecule has 0 spiro atoms. The van der Waals surface area contributed by atoms with Gasteiger partial charge >= 0.3 is 6.18 Å². The van der Waals surface area contributed by atoms with E-state index in [1.54, 1.807) is 6.07 Å². The summed E-state index contributed by atoms with van der Waals surface area (Å²) in [4.78, 5) is 4.41. The molecule has 0 aliphatic rings. The smallest absolute Gasteiger partial charge is 0.253 e. The van der Waals surface area contributed by atoms with Crippen LogP contribution in [0, 0.1) is 6.92 Å². The predicted molar refractivity (Wildman–Crippen MR) is 94.9 cm³/mol. The number of benzene rings is 2. The molecule has 0 fully saturated rings. The van der Waals surface area contributed by atoms with Crippen molar-refractivity contribution >= 4 is 22.7 Å². The Morgan fingerprint density at radius 1 is 1.12 bits per heavy atom. The summed E-state index contributed by atoms with van der Waals surface area (Å²) < 4.78 is 38.0. The average molecular weight is 361 g/mol. The van der Waals surface area contributed by atoms with Crippen molar-refractivity contribution in [3.05, 3.63) is 70.6 Å².